The van der Waals surface area contributed by atoms with Crippen molar-refractivity contribution < 1.29 is 5.11 Å². The average molecular weight is 170 g/mol. The summed E-state index contributed by atoms with van der Waals surface area (Å²) < 4.78 is 3.73. The fourth-order valence-electron chi connectivity index (χ4n) is 1.47. The quantitative estimate of drug-likeness (QED) is 0.724. The molecule has 1 aromatic rings. The molecule has 0 bridgehead atoms. The highest BCUT2D eigenvalue weighted by atomic mass is 32.1. The molecular weight excluding hydrogens is 160 g/mol. The summed E-state index contributed by atoms with van der Waals surface area (Å²) in [6, 6.07) is 0. The summed E-state index contributed by atoms with van der Waals surface area (Å²) in [6.07, 6.45) is 1.88. The molecule has 0 amide bonds. The van der Waals surface area contributed by atoms with Crippen LogP contribution in [0.15, 0.2) is 5.38 Å². The van der Waals surface area contributed by atoms with Crippen molar-refractivity contribution in [3.63, 3.8) is 0 Å². The Balaban J connectivity index is 2.19. The zero-order chi connectivity index (χ0) is 7.90. The molecule has 3 nitrogen and oxygen atoms in total. The van der Waals surface area contributed by atoms with Gasteiger partial charge in [-0.3, -0.25) is 0 Å². The van der Waals surface area contributed by atoms with Crippen molar-refractivity contribution in [2.75, 3.05) is 0 Å². The second-order valence-corrected chi connectivity index (χ2v) is 3.63. The lowest BCUT2D eigenvalue weighted by molar-refractivity contribution is 0.125. The Hall–Kier alpha value is -0.480. The first kappa shape index (κ1) is 7.18. The molecule has 1 aliphatic rings. The van der Waals surface area contributed by atoms with Crippen molar-refractivity contribution in [3.8, 4) is 0 Å². The topological polar surface area (TPSA) is 46.0 Å². The van der Waals surface area contributed by atoms with E-state index in [0.29, 0.717) is 5.92 Å². The molecule has 1 saturated carbocycles. The highest BCUT2D eigenvalue weighted by Gasteiger charge is 2.54. The van der Waals surface area contributed by atoms with Crippen molar-refractivity contribution in [3.05, 3.63) is 11.1 Å². The molecule has 1 N–H and O–H groups in total. The number of rotatable bonds is 2. The lowest BCUT2D eigenvalue weighted by Crippen LogP contribution is -2.08. The van der Waals surface area contributed by atoms with Gasteiger partial charge in [0, 0.05) is 5.38 Å². The fourth-order valence-corrected chi connectivity index (χ4v) is 2.00. The standard InChI is InChI=1S/C7H10N2OS/c1-2-5-3-7(5,10)6-4-11-9-8-6/h4-5,10H,2-3H2,1H3. The van der Waals surface area contributed by atoms with Crippen molar-refractivity contribution in [2.45, 2.75) is 25.4 Å². The van der Waals surface area contributed by atoms with Crippen molar-refractivity contribution in [1.82, 2.24) is 9.59 Å². The number of aromatic nitrogens is 2. The van der Waals surface area contributed by atoms with Crippen molar-refractivity contribution >= 4 is 11.5 Å². The van der Waals surface area contributed by atoms with Crippen LogP contribution in [0.1, 0.15) is 25.5 Å². The van der Waals surface area contributed by atoms with Gasteiger partial charge in [0.05, 0.1) is 0 Å². The molecular formula is C7H10N2OS. The third-order valence-electron chi connectivity index (χ3n) is 2.37. The van der Waals surface area contributed by atoms with Gasteiger partial charge in [0.25, 0.3) is 0 Å². The summed E-state index contributed by atoms with van der Waals surface area (Å²) in [5.41, 5.74) is 0.135. The summed E-state index contributed by atoms with van der Waals surface area (Å²) in [5.74, 6) is 0.409. The molecule has 11 heavy (non-hydrogen) atoms. The molecule has 2 rings (SSSR count). The van der Waals surface area contributed by atoms with E-state index in [-0.39, 0.29) is 0 Å². The monoisotopic (exact) mass is 170 g/mol. The summed E-state index contributed by atoms with van der Waals surface area (Å²) in [5, 5.41) is 15.5. The van der Waals surface area contributed by atoms with Gasteiger partial charge in [-0.1, -0.05) is 17.8 Å². The zero-order valence-electron chi connectivity index (χ0n) is 6.32. The molecule has 0 radical (unpaired) electrons. The van der Waals surface area contributed by atoms with E-state index in [9.17, 15) is 5.11 Å². The van der Waals surface area contributed by atoms with E-state index < -0.39 is 5.60 Å². The minimum Gasteiger partial charge on any atom is -0.383 e. The van der Waals surface area contributed by atoms with E-state index in [1.54, 1.807) is 0 Å². The molecule has 2 unspecified atom stereocenters. The fraction of sp³-hybridized carbons (Fsp3) is 0.714. The van der Waals surface area contributed by atoms with Crippen molar-refractivity contribution in [2.24, 2.45) is 5.92 Å². The highest BCUT2D eigenvalue weighted by molar-refractivity contribution is 7.03. The van der Waals surface area contributed by atoms with Gasteiger partial charge in [0.15, 0.2) is 0 Å². The maximum Gasteiger partial charge on any atom is 0.113 e. The number of hydrogen-bond acceptors (Lipinski definition) is 4. The van der Waals surface area contributed by atoms with Gasteiger partial charge >= 0.3 is 0 Å². The summed E-state index contributed by atoms with van der Waals surface area (Å²) in [6.45, 7) is 2.09. The molecule has 2 atom stereocenters. The Bertz CT molecular complexity index is 249. The second-order valence-electron chi connectivity index (χ2n) is 3.02. The van der Waals surface area contributed by atoms with Gasteiger partial charge in [-0.15, -0.1) is 5.10 Å². The molecule has 0 aliphatic heterocycles. The second kappa shape index (κ2) is 2.25. The average Bonchev–Trinajstić information content (AvgIpc) is 2.55. The van der Waals surface area contributed by atoms with Crippen molar-refractivity contribution in [1.29, 1.82) is 0 Å². The SMILES string of the molecule is CCC1CC1(O)c1csnn1. The predicted octanol–water partition coefficient (Wildman–Crippen LogP) is 1.16. The molecule has 1 heterocycles. The van der Waals surface area contributed by atoms with Gasteiger partial charge in [0.1, 0.15) is 11.3 Å². The van der Waals surface area contributed by atoms with E-state index in [0.717, 1.165) is 18.5 Å². The Morgan fingerprint density at radius 2 is 2.73 bits per heavy atom. The molecule has 4 heteroatoms. The largest absolute Gasteiger partial charge is 0.383 e. The number of hydrogen-bond donors (Lipinski definition) is 1. The van der Waals surface area contributed by atoms with Crippen LogP contribution < -0.4 is 0 Å². The van der Waals surface area contributed by atoms with Gasteiger partial charge in [0.2, 0.25) is 0 Å². The van der Waals surface area contributed by atoms with Crippen LogP contribution in [0.2, 0.25) is 0 Å². The van der Waals surface area contributed by atoms with Gasteiger partial charge in [-0.25, -0.2) is 0 Å². The summed E-state index contributed by atoms with van der Waals surface area (Å²) in [4.78, 5) is 0. The maximum absolute atomic E-state index is 9.85. The first-order valence-electron chi connectivity index (χ1n) is 3.77. The van der Waals surface area contributed by atoms with Gasteiger partial charge < -0.3 is 5.11 Å². The molecule has 1 aromatic heterocycles. The minimum absolute atomic E-state index is 0.409. The highest BCUT2D eigenvalue weighted by Crippen LogP contribution is 2.52. The number of aliphatic hydroxyl groups is 1. The van der Waals surface area contributed by atoms with Crippen LogP contribution in [-0.4, -0.2) is 14.7 Å². The van der Waals surface area contributed by atoms with E-state index >= 15 is 0 Å². The van der Waals surface area contributed by atoms with Crippen LogP contribution in [-0.2, 0) is 5.60 Å². The first-order valence-corrected chi connectivity index (χ1v) is 4.61. The molecule has 1 aliphatic carbocycles. The third kappa shape index (κ3) is 0.973. The van der Waals surface area contributed by atoms with E-state index in [4.69, 9.17) is 0 Å². The summed E-state index contributed by atoms with van der Waals surface area (Å²) >= 11 is 1.30. The minimum atomic E-state index is -0.623. The Morgan fingerprint density at radius 1 is 1.91 bits per heavy atom. The molecule has 1 fully saturated rings. The zero-order valence-corrected chi connectivity index (χ0v) is 7.14. The molecule has 0 aromatic carbocycles. The lowest BCUT2D eigenvalue weighted by atomic mass is 10.2. The number of nitrogens with zero attached hydrogens (tertiary/aromatic N) is 2. The van der Waals surface area contributed by atoms with Crippen LogP contribution in [0.25, 0.3) is 0 Å². The van der Waals surface area contributed by atoms with Crippen LogP contribution >= 0.6 is 11.5 Å². The Morgan fingerprint density at radius 3 is 3.18 bits per heavy atom. The van der Waals surface area contributed by atoms with E-state index in [1.807, 2.05) is 5.38 Å². The maximum atomic E-state index is 9.85. The van der Waals surface area contributed by atoms with Crippen LogP contribution in [0.4, 0.5) is 0 Å². The summed E-state index contributed by atoms with van der Waals surface area (Å²) in [7, 11) is 0. The normalized spacial score (nSPS) is 35.6. The van der Waals surface area contributed by atoms with Gasteiger partial charge in [-0.05, 0) is 23.9 Å². The predicted molar refractivity (Wildman–Crippen MR) is 42.2 cm³/mol. The molecule has 0 spiro atoms. The van der Waals surface area contributed by atoms with E-state index in [2.05, 4.69) is 16.5 Å². The Kier molecular flexibility index (Phi) is 1.47. The first-order chi connectivity index (χ1) is 5.27. The van der Waals surface area contributed by atoms with E-state index in [1.165, 1.54) is 11.5 Å². The third-order valence-corrected chi connectivity index (χ3v) is 2.87. The lowest BCUT2D eigenvalue weighted by Gasteiger charge is -2.03. The smallest absolute Gasteiger partial charge is 0.113 e. The molecule has 60 valence electrons. The van der Waals surface area contributed by atoms with Crippen LogP contribution in [0.3, 0.4) is 0 Å². The van der Waals surface area contributed by atoms with Crippen LogP contribution in [0, 0.1) is 5.92 Å². The molecule has 0 saturated heterocycles. The Labute approximate surface area is 69.2 Å². The van der Waals surface area contributed by atoms with Gasteiger partial charge in [-0.2, -0.15) is 0 Å². The van der Waals surface area contributed by atoms with Crippen LogP contribution in [0.5, 0.6) is 0 Å².